The summed E-state index contributed by atoms with van der Waals surface area (Å²) in [5, 5.41) is 2.78. The molecule has 0 heterocycles. The molecule has 1 N–H and O–H groups in total. The first-order chi connectivity index (χ1) is 13.1. The third-order valence-electron chi connectivity index (χ3n) is 3.85. The van der Waals surface area contributed by atoms with Crippen LogP contribution in [-0.2, 0) is 4.79 Å². The van der Waals surface area contributed by atoms with Gasteiger partial charge < -0.3 is 19.7 Å². The average Bonchev–Trinajstić information content (AvgIpc) is 2.70. The molecule has 0 aromatic heterocycles. The number of methoxy groups -OCH3 is 1. The SMILES string of the molecule is C=CCOc1ccc(C(=O)N(CC)CC(=O)Nc2ccccc2OC)cc1. The van der Waals surface area contributed by atoms with Crippen molar-refractivity contribution in [2.24, 2.45) is 0 Å². The Hall–Kier alpha value is -3.28. The Morgan fingerprint density at radius 2 is 1.85 bits per heavy atom. The van der Waals surface area contributed by atoms with E-state index in [1.807, 2.05) is 13.0 Å². The normalized spacial score (nSPS) is 10.0. The fourth-order valence-electron chi connectivity index (χ4n) is 2.47. The van der Waals surface area contributed by atoms with E-state index in [0.717, 1.165) is 0 Å². The van der Waals surface area contributed by atoms with Gasteiger partial charge in [0.25, 0.3) is 5.91 Å². The second-order valence-electron chi connectivity index (χ2n) is 5.69. The van der Waals surface area contributed by atoms with E-state index in [2.05, 4.69) is 11.9 Å². The van der Waals surface area contributed by atoms with Crippen molar-refractivity contribution in [1.29, 1.82) is 0 Å². The van der Waals surface area contributed by atoms with Crippen LogP contribution in [0.2, 0.25) is 0 Å². The van der Waals surface area contributed by atoms with Crippen LogP contribution in [0.4, 0.5) is 5.69 Å². The lowest BCUT2D eigenvalue weighted by Crippen LogP contribution is -2.37. The lowest BCUT2D eigenvalue weighted by Gasteiger charge is -2.21. The molecule has 0 aliphatic rings. The molecule has 0 radical (unpaired) electrons. The number of hydrogen-bond donors (Lipinski definition) is 1. The van der Waals surface area contributed by atoms with Crippen LogP contribution < -0.4 is 14.8 Å². The van der Waals surface area contributed by atoms with Crippen LogP contribution >= 0.6 is 0 Å². The van der Waals surface area contributed by atoms with Crippen LogP contribution in [0, 0.1) is 0 Å². The van der Waals surface area contributed by atoms with Gasteiger partial charge in [-0.3, -0.25) is 9.59 Å². The molecule has 142 valence electrons. The summed E-state index contributed by atoms with van der Waals surface area (Å²) in [5.41, 5.74) is 1.06. The summed E-state index contributed by atoms with van der Waals surface area (Å²) in [6.07, 6.45) is 1.65. The maximum Gasteiger partial charge on any atom is 0.254 e. The van der Waals surface area contributed by atoms with Gasteiger partial charge in [0.2, 0.25) is 5.91 Å². The number of carbonyl (C=O) groups is 2. The number of amides is 2. The molecule has 0 atom stereocenters. The summed E-state index contributed by atoms with van der Waals surface area (Å²) < 4.78 is 10.6. The summed E-state index contributed by atoms with van der Waals surface area (Å²) in [4.78, 5) is 26.5. The summed E-state index contributed by atoms with van der Waals surface area (Å²) in [6.45, 7) is 6.18. The molecule has 2 aromatic carbocycles. The Labute approximate surface area is 159 Å². The maximum absolute atomic E-state index is 12.7. The van der Waals surface area contributed by atoms with Crippen molar-refractivity contribution in [2.75, 3.05) is 32.1 Å². The van der Waals surface area contributed by atoms with E-state index in [4.69, 9.17) is 9.47 Å². The van der Waals surface area contributed by atoms with Gasteiger partial charge in [0.15, 0.2) is 0 Å². The molecule has 6 nitrogen and oxygen atoms in total. The first-order valence-electron chi connectivity index (χ1n) is 8.65. The second kappa shape index (κ2) is 10.0. The molecule has 6 heteroatoms. The number of ether oxygens (including phenoxy) is 2. The Balaban J connectivity index is 2.01. The number of nitrogens with one attached hydrogen (secondary N) is 1. The van der Waals surface area contributed by atoms with Crippen LogP contribution in [0.3, 0.4) is 0 Å². The Morgan fingerprint density at radius 1 is 1.15 bits per heavy atom. The van der Waals surface area contributed by atoms with Crippen LogP contribution in [0.25, 0.3) is 0 Å². The standard InChI is InChI=1S/C21H24N2O4/c1-4-14-27-17-12-10-16(11-13-17)21(25)23(5-2)15-20(24)22-18-8-6-7-9-19(18)26-3/h4,6-13H,1,5,14-15H2,2-3H3,(H,22,24). The van der Waals surface area contributed by atoms with E-state index in [0.29, 0.717) is 35.9 Å². The molecule has 0 saturated carbocycles. The minimum atomic E-state index is -0.291. The van der Waals surface area contributed by atoms with Crippen LogP contribution in [-0.4, -0.2) is 43.5 Å². The van der Waals surface area contributed by atoms with E-state index < -0.39 is 0 Å². The number of carbonyl (C=O) groups excluding carboxylic acids is 2. The van der Waals surface area contributed by atoms with Gasteiger partial charge in [-0.1, -0.05) is 24.8 Å². The minimum absolute atomic E-state index is 0.0535. The van der Waals surface area contributed by atoms with Gasteiger partial charge in [-0.15, -0.1) is 0 Å². The number of anilines is 1. The highest BCUT2D eigenvalue weighted by Gasteiger charge is 2.18. The summed E-state index contributed by atoms with van der Waals surface area (Å²) >= 11 is 0. The van der Waals surface area contributed by atoms with Crippen LogP contribution in [0.15, 0.2) is 61.2 Å². The molecule has 0 saturated heterocycles. The molecular formula is C21H24N2O4. The number of para-hydroxylation sites is 2. The molecular weight excluding hydrogens is 344 g/mol. The second-order valence-corrected chi connectivity index (χ2v) is 5.69. The predicted octanol–water partition coefficient (Wildman–Crippen LogP) is 3.36. The smallest absolute Gasteiger partial charge is 0.254 e. The Morgan fingerprint density at radius 3 is 2.48 bits per heavy atom. The van der Waals surface area contributed by atoms with E-state index in [1.165, 1.54) is 12.0 Å². The number of likely N-dealkylation sites (N-methyl/N-ethyl adjacent to an activating group) is 1. The van der Waals surface area contributed by atoms with E-state index in [-0.39, 0.29) is 18.4 Å². The summed E-state index contributed by atoms with van der Waals surface area (Å²) in [5.74, 6) is 0.710. The van der Waals surface area contributed by atoms with Crippen molar-refractivity contribution >= 4 is 17.5 Å². The molecule has 2 amide bonds. The highest BCUT2D eigenvalue weighted by Crippen LogP contribution is 2.23. The Bertz CT molecular complexity index is 787. The average molecular weight is 368 g/mol. The Kier molecular flexibility index (Phi) is 7.43. The van der Waals surface area contributed by atoms with E-state index in [9.17, 15) is 9.59 Å². The third-order valence-corrected chi connectivity index (χ3v) is 3.85. The predicted molar refractivity (Wildman–Crippen MR) is 105 cm³/mol. The van der Waals surface area contributed by atoms with Gasteiger partial charge in [0.05, 0.1) is 12.8 Å². The number of rotatable bonds is 9. The topological polar surface area (TPSA) is 67.9 Å². The van der Waals surface area contributed by atoms with Crippen LogP contribution in [0.1, 0.15) is 17.3 Å². The molecule has 2 aromatic rings. The third kappa shape index (κ3) is 5.60. The zero-order chi connectivity index (χ0) is 19.6. The first kappa shape index (κ1) is 20.0. The van der Waals surface area contributed by atoms with Gasteiger partial charge in [-0.25, -0.2) is 0 Å². The van der Waals surface area contributed by atoms with Crippen molar-refractivity contribution in [1.82, 2.24) is 4.90 Å². The highest BCUT2D eigenvalue weighted by molar-refractivity contribution is 5.99. The van der Waals surface area contributed by atoms with Gasteiger partial charge in [-0.05, 0) is 43.3 Å². The largest absolute Gasteiger partial charge is 0.495 e. The van der Waals surface area contributed by atoms with E-state index >= 15 is 0 Å². The van der Waals surface area contributed by atoms with Gasteiger partial charge in [-0.2, -0.15) is 0 Å². The molecule has 27 heavy (non-hydrogen) atoms. The van der Waals surface area contributed by atoms with Crippen molar-refractivity contribution in [3.05, 3.63) is 66.7 Å². The maximum atomic E-state index is 12.7. The van der Waals surface area contributed by atoms with Gasteiger partial charge in [0, 0.05) is 12.1 Å². The zero-order valence-electron chi connectivity index (χ0n) is 15.6. The molecule has 0 fully saturated rings. The minimum Gasteiger partial charge on any atom is -0.495 e. The molecule has 0 spiro atoms. The first-order valence-corrected chi connectivity index (χ1v) is 8.65. The van der Waals surface area contributed by atoms with Crippen molar-refractivity contribution < 1.29 is 19.1 Å². The zero-order valence-corrected chi connectivity index (χ0v) is 15.6. The van der Waals surface area contributed by atoms with Crippen molar-refractivity contribution in [3.63, 3.8) is 0 Å². The lowest BCUT2D eigenvalue weighted by molar-refractivity contribution is -0.116. The molecule has 0 aliphatic heterocycles. The fourth-order valence-corrected chi connectivity index (χ4v) is 2.47. The van der Waals surface area contributed by atoms with Crippen LogP contribution in [0.5, 0.6) is 11.5 Å². The number of benzene rings is 2. The molecule has 2 rings (SSSR count). The van der Waals surface area contributed by atoms with Gasteiger partial charge in [0.1, 0.15) is 24.7 Å². The summed E-state index contributed by atoms with van der Waals surface area (Å²) in [7, 11) is 1.54. The van der Waals surface area contributed by atoms with E-state index in [1.54, 1.807) is 48.5 Å². The number of nitrogens with zero attached hydrogens (tertiary/aromatic N) is 1. The number of hydrogen-bond acceptors (Lipinski definition) is 4. The fraction of sp³-hybridized carbons (Fsp3) is 0.238. The molecule has 0 aliphatic carbocycles. The quantitative estimate of drug-likeness (QED) is 0.689. The molecule has 0 bridgehead atoms. The lowest BCUT2D eigenvalue weighted by atomic mass is 10.2. The highest BCUT2D eigenvalue weighted by atomic mass is 16.5. The van der Waals surface area contributed by atoms with Gasteiger partial charge >= 0.3 is 0 Å². The van der Waals surface area contributed by atoms with Crippen molar-refractivity contribution in [2.45, 2.75) is 6.92 Å². The van der Waals surface area contributed by atoms with Crippen molar-refractivity contribution in [3.8, 4) is 11.5 Å². The molecule has 0 unspecified atom stereocenters. The summed E-state index contributed by atoms with van der Waals surface area (Å²) in [6, 6.07) is 13.9. The monoisotopic (exact) mass is 368 g/mol.